The molecule has 0 aromatic heterocycles. The molecule has 84 valence electrons. The fourth-order valence-corrected chi connectivity index (χ4v) is 1.70. The van der Waals surface area contributed by atoms with Crippen molar-refractivity contribution in [3.05, 3.63) is 29.8 Å². The normalized spacial score (nSPS) is 11.9. The molecular weight excluding hydrogens is 182 g/mol. The van der Waals surface area contributed by atoms with Gasteiger partial charge >= 0.3 is 0 Å². The van der Waals surface area contributed by atoms with Gasteiger partial charge in [0.25, 0.3) is 0 Å². The van der Waals surface area contributed by atoms with Gasteiger partial charge in [-0.25, -0.2) is 0 Å². The van der Waals surface area contributed by atoms with Crippen LogP contribution in [0.4, 0.5) is 5.69 Å². The Balaban J connectivity index is 2.86. The molecule has 0 unspecified atom stereocenters. The van der Waals surface area contributed by atoms with E-state index in [1.807, 2.05) is 0 Å². The Kier molecular flexibility index (Phi) is 3.78. The maximum Gasteiger partial charge on any atom is 0.0374 e. The molecule has 0 atom stereocenters. The highest BCUT2D eigenvalue weighted by atomic mass is 14.9. The van der Waals surface area contributed by atoms with Crippen LogP contribution in [0.25, 0.3) is 0 Å². The summed E-state index contributed by atoms with van der Waals surface area (Å²) in [4.78, 5) is 0. The van der Waals surface area contributed by atoms with Gasteiger partial charge in [0, 0.05) is 11.7 Å². The minimum absolute atomic E-state index is 0.342. The second kappa shape index (κ2) is 4.69. The zero-order chi connectivity index (χ0) is 11.5. The molecule has 1 aromatic carbocycles. The maximum atomic E-state index is 3.50. The molecule has 0 saturated heterocycles. The molecule has 0 saturated carbocycles. The van der Waals surface area contributed by atoms with Crippen LogP contribution in [0.2, 0.25) is 0 Å². The van der Waals surface area contributed by atoms with Crippen molar-refractivity contribution in [3.63, 3.8) is 0 Å². The number of rotatable bonds is 3. The fraction of sp³-hybridized carbons (Fsp3) is 0.571. The van der Waals surface area contributed by atoms with E-state index in [0.717, 1.165) is 6.42 Å². The van der Waals surface area contributed by atoms with Gasteiger partial charge in [0.1, 0.15) is 0 Å². The maximum absolute atomic E-state index is 3.50. The van der Waals surface area contributed by atoms with Crippen LogP contribution in [0.3, 0.4) is 0 Å². The van der Waals surface area contributed by atoms with E-state index in [2.05, 4.69) is 64.2 Å². The van der Waals surface area contributed by atoms with Crippen LogP contribution in [-0.4, -0.2) is 6.04 Å². The van der Waals surface area contributed by atoms with Crippen molar-refractivity contribution in [3.8, 4) is 0 Å². The van der Waals surface area contributed by atoms with Crippen LogP contribution in [0.15, 0.2) is 24.3 Å². The zero-order valence-corrected chi connectivity index (χ0v) is 10.6. The highest BCUT2D eigenvalue weighted by molar-refractivity contribution is 5.51. The van der Waals surface area contributed by atoms with Gasteiger partial charge in [0.15, 0.2) is 0 Å². The summed E-state index contributed by atoms with van der Waals surface area (Å²) in [5.41, 5.74) is 3.04. The predicted molar refractivity (Wildman–Crippen MR) is 68.4 cm³/mol. The molecule has 1 rings (SSSR count). The first kappa shape index (κ1) is 12.1. The first-order valence-electron chi connectivity index (χ1n) is 5.73. The number of nitrogens with one attached hydrogen (secondary N) is 1. The third-order valence-electron chi connectivity index (χ3n) is 2.18. The summed E-state index contributed by atoms with van der Waals surface area (Å²) in [6.07, 6.45) is 1.11. The van der Waals surface area contributed by atoms with Crippen molar-refractivity contribution >= 4 is 5.69 Å². The minimum Gasteiger partial charge on any atom is -0.383 e. The molecule has 0 heterocycles. The Bertz CT molecular complexity index is 307. The molecule has 0 amide bonds. The van der Waals surface area contributed by atoms with E-state index >= 15 is 0 Å². The largest absolute Gasteiger partial charge is 0.383 e. The summed E-state index contributed by atoms with van der Waals surface area (Å²) >= 11 is 0. The molecule has 0 aliphatic heterocycles. The predicted octanol–water partition coefficient (Wildman–Crippen LogP) is 4.10. The van der Waals surface area contributed by atoms with Crippen LogP contribution in [0.1, 0.15) is 40.2 Å². The first-order chi connectivity index (χ1) is 6.88. The molecule has 1 N–H and O–H groups in total. The molecule has 0 fully saturated rings. The summed E-state index contributed by atoms with van der Waals surface area (Å²) in [5.74, 6) is 0. The van der Waals surface area contributed by atoms with Gasteiger partial charge in [-0.15, -0.1) is 0 Å². The third kappa shape index (κ3) is 4.37. The molecular formula is C14H23N. The van der Waals surface area contributed by atoms with Crippen molar-refractivity contribution in [2.24, 2.45) is 5.41 Å². The van der Waals surface area contributed by atoms with Gasteiger partial charge < -0.3 is 5.32 Å². The van der Waals surface area contributed by atoms with E-state index in [9.17, 15) is 0 Å². The number of anilines is 1. The number of hydrogen-bond acceptors (Lipinski definition) is 1. The van der Waals surface area contributed by atoms with E-state index in [1.165, 1.54) is 11.3 Å². The molecule has 0 bridgehead atoms. The van der Waals surface area contributed by atoms with Crippen molar-refractivity contribution in [2.75, 3.05) is 5.32 Å². The topological polar surface area (TPSA) is 12.0 Å². The second-order valence-electron chi connectivity index (χ2n) is 5.69. The van der Waals surface area contributed by atoms with Gasteiger partial charge in [-0.3, -0.25) is 0 Å². The standard InChI is InChI=1S/C14H23N/c1-11(2)15-13-9-7-6-8-12(13)10-14(3,4)5/h6-9,11,15H,10H2,1-5H3. The first-order valence-corrected chi connectivity index (χ1v) is 5.73. The average Bonchev–Trinajstić information content (AvgIpc) is 2.05. The molecule has 1 aromatic rings. The van der Waals surface area contributed by atoms with Crippen molar-refractivity contribution in [1.82, 2.24) is 0 Å². The number of para-hydroxylation sites is 1. The lowest BCUT2D eigenvalue weighted by Gasteiger charge is -2.22. The Morgan fingerprint density at radius 1 is 1.13 bits per heavy atom. The van der Waals surface area contributed by atoms with E-state index in [1.54, 1.807) is 0 Å². The van der Waals surface area contributed by atoms with Gasteiger partial charge in [-0.05, 0) is 37.3 Å². The number of hydrogen-bond donors (Lipinski definition) is 1. The Labute approximate surface area is 93.9 Å². The monoisotopic (exact) mass is 205 g/mol. The summed E-state index contributed by atoms with van der Waals surface area (Å²) in [5, 5.41) is 3.50. The molecule has 0 aliphatic carbocycles. The molecule has 1 nitrogen and oxygen atoms in total. The van der Waals surface area contributed by atoms with Gasteiger partial charge in [-0.1, -0.05) is 39.0 Å². The quantitative estimate of drug-likeness (QED) is 0.783. The number of benzene rings is 1. The molecule has 0 aliphatic rings. The van der Waals surface area contributed by atoms with Crippen LogP contribution in [-0.2, 0) is 6.42 Å². The third-order valence-corrected chi connectivity index (χ3v) is 2.18. The van der Waals surface area contributed by atoms with Crippen LogP contribution < -0.4 is 5.32 Å². The van der Waals surface area contributed by atoms with Crippen LogP contribution in [0, 0.1) is 5.41 Å². The lowest BCUT2D eigenvalue weighted by molar-refractivity contribution is 0.411. The summed E-state index contributed by atoms with van der Waals surface area (Å²) in [6.45, 7) is 11.2. The SMILES string of the molecule is CC(C)Nc1ccccc1CC(C)(C)C. The van der Waals surface area contributed by atoms with E-state index in [-0.39, 0.29) is 0 Å². The van der Waals surface area contributed by atoms with E-state index < -0.39 is 0 Å². The van der Waals surface area contributed by atoms with Crippen molar-refractivity contribution in [1.29, 1.82) is 0 Å². The fourth-order valence-electron chi connectivity index (χ4n) is 1.70. The molecule has 1 heteroatoms. The molecule has 0 spiro atoms. The Morgan fingerprint density at radius 2 is 1.73 bits per heavy atom. The average molecular weight is 205 g/mol. The van der Waals surface area contributed by atoms with Gasteiger partial charge in [0.2, 0.25) is 0 Å². The highest BCUT2D eigenvalue weighted by Crippen LogP contribution is 2.25. The summed E-state index contributed by atoms with van der Waals surface area (Å²) < 4.78 is 0. The van der Waals surface area contributed by atoms with Crippen LogP contribution >= 0.6 is 0 Å². The summed E-state index contributed by atoms with van der Waals surface area (Å²) in [7, 11) is 0. The lowest BCUT2D eigenvalue weighted by atomic mass is 9.87. The minimum atomic E-state index is 0.342. The van der Waals surface area contributed by atoms with Gasteiger partial charge in [0.05, 0.1) is 0 Å². The zero-order valence-electron chi connectivity index (χ0n) is 10.6. The van der Waals surface area contributed by atoms with E-state index in [4.69, 9.17) is 0 Å². The van der Waals surface area contributed by atoms with Crippen LogP contribution in [0.5, 0.6) is 0 Å². The molecule has 0 radical (unpaired) electrons. The molecule has 15 heavy (non-hydrogen) atoms. The summed E-state index contributed by atoms with van der Waals surface area (Å²) in [6, 6.07) is 9.09. The Morgan fingerprint density at radius 3 is 2.27 bits per heavy atom. The van der Waals surface area contributed by atoms with Crippen molar-refractivity contribution in [2.45, 2.75) is 47.1 Å². The highest BCUT2D eigenvalue weighted by Gasteiger charge is 2.13. The lowest BCUT2D eigenvalue weighted by Crippen LogP contribution is -2.15. The second-order valence-corrected chi connectivity index (χ2v) is 5.69. The van der Waals surface area contributed by atoms with Crippen molar-refractivity contribution < 1.29 is 0 Å². The van der Waals surface area contributed by atoms with Gasteiger partial charge in [-0.2, -0.15) is 0 Å². The Hall–Kier alpha value is -0.980. The smallest absolute Gasteiger partial charge is 0.0374 e. The van der Waals surface area contributed by atoms with E-state index in [0.29, 0.717) is 11.5 Å².